The number of thiophene rings is 2. The highest BCUT2D eigenvalue weighted by atomic mass is 32.1. The Morgan fingerprint density at radius 2 is 1.90 bits per heavy atom. The van der Waals surface area contributed by atoms with E-state index in [-0.39, 0.29) is 17.6 Å². The lowest BCUT2D eigenvalue weighted by molar-refractivity contribution is -0.132. The van der Waals surface area contributed by atoms with Gasteiger partial charge in [-0.25, -0.2) is 4.39 Å². The summed E-state index contributed by atoms with van der Waals surface area (Å²) in [6.45, 7) is 4.21. The first-order valence-electron chi connectivity index (χ1n) is 10.2. The van der Waals surface area contributed by atoms with E-state index in [0.717, 1.165) is 30.1 Å². The Labute approximate surface area is 189 Å². The second-order valence-corrected chi connectivity index (χ2v) is 9.40. The predicted molar refractivity (Wildman–Crippen MR) is 123 cm³/mol. The predicted octanol–water partition coefficient (Wildman–Crippen LogP) is 4.08. The molecule has 3 aromatic rings. The zero-order chi connectivity index (χ0) is 21.6. The lowest BCUT2D eigenvalue weighted by Crippen LogP contribution is -2.48. The summed E-state index contributed by atoms with van der Waals surface area (Å²) in [5, 5.41) is 6.46. The number of carbonyl (C=O) groups is 2. The van der Waals surface area contributed by atoms with Crippen LogP contribution in [-0.2, 0) is 11.3 Å². The summed E-state index contributed by atoms with van der Waals surface area (Å²) in [7, 11) is 0. The topological polar surface area (TPSA) is 52.7 Å². The van der Waals surface area contributed by atoms with Crippen molar-refractivity contribution in [2.24, 2.45) is 0 Å². The number of hydrogen-bond acceptors (Lipinski definition) is 5. The molecule has 4 rings (SSSR count). The van der Waals surface area contributed by atoms with Crippen LogP contribution in [0.25, 0.3) is 10.4 Å². The molecule has 1 aliphatic rings. The summed E-state index contributed by atoms with van der Waals surface area (Å²) >= 11 is 3.16. The quantitative estimate of drug-likeness (QED) is 0.582. The molecule has 0 unspecified atom stereocenters. The molecule has 0 radical (unpaired) electrons. The van der Waals surface area contributed by atoms with E-state index in [1.54, 1.807) is 34.9 Å². The summed E-state index contributed by atoms with van der Waals surface area (Å²) in [6.07, 6.45) is 0.317. The van der Waals surface area contributed by atoms with Crippen LogP contribution in [0, 0.1) is 5.82 Å². The van der Waals surface area contributed by atoms with Gasteiger partial charge < -0.3 is 10.2 Å². The Balaban J connectivity index is 1.20. The monoisotopic (exact) mass is 457 g/mol. The normalized spacial score (nSPS) is 14.5. The van der Waals surface area contributed by atoms with Gasteiger partial charge in [0.05, 0.1) is 0 Å². The maximum Gasteiger partial charge on any atom is 0.252 e. The Hall–Kier alpha value is -2.55. The fraction of sp³-hybridized carbons (Fsp3) is 0.304. The van der Waals surface area contributed by atoms with Gasteiger partial charge in [-0.2, -0.15) is 11.3 Å². The van der Waals surface area contributed by atoms with E-state index in [1.165, 1.54) is 22.3 Å². The van der Waals surface area contributed by atoms with E-state index in [0.29, 0.717) is 31.6 Å². The fourth-order valence-electron chi connectivity index (χ4n) is 3.57. The first kappa shape index (κ1) is 21.7. The van der Waals surface area contributed by atoms with Crippen molar-refractivity contribution < 1.29 is 14.0 Å². The zero-order valence-electron chi connectivity index (χ0n) is 17.1. The van der Waals surface area contributed by atoms with Gasteiger partial charge in [-0.3, -0.25) is 14.5 Å². The molecular formula is C23H24FN3O2S2. The highest BCUT2D eigenvalue weighted by Gasteiger charge is 2.21. The molecule has 3 heterocycles. The molecule has 5 nitrogen and oxygen atoms in total. The molecule has 1 aromatic carbocycles. The van der Waals surface area contributed by atoms with Crippen LogP contribution in [0.3, 0.4) is 0 Å². The molecule has 31 heavy (non-hydrogen) atoms. The van der Waals surface area contributed by atoms with Crippen molar-refractivity contribution >= 4 is 34.5 Å². The third-order valence-electron chi connectivity index (χ3n) is 5.28. The van der Waals surface area contributed by atoms with Crippen LogP contribution >= 0.6 is 22.7 Å². The number of nitrogens with zero attached hydrogens (tertiary/aromatic N) is 2. The summed E-state index contributed by atoms with van der Waals surface area (Å²) < 4.78 is 13.5. The minimum atomic E-state index is -0.223. The standard InChI is InChI=1S/C23H24FN3O2S2/c24-19-3-1-2-17(14-19)21-5-4-20(31-21)15-26-9-11-27(12-10-26)22(28)6-8-25-23(29)18-7-13-30-16-18/h1-5,7,13-14,16H,6,8-12,15H2,(H,25,29). The Morgan fingerprint density at radius 3 is 2.65 bits per heavy atom. The van der Waals surface area contributed by atoms with Gasteiger partial charge in [0.15, 0.2) is 0 Å². The molecule has 0 spiro atoms. The second-order valence-electron chi connectivity index (χ2n) is 7.45. The lowest BCUT2D eigenvalue weighted by atomic mass is 10.2. The van der Waals surface area contributed by atoms with Crippen molar-refractivity contribution in [1.82, 2.24) is 15.1 Å². The molecule has 2 aromatic heterocycles. The van der Waals surface area contributed by atoms with Crippen molar-refractivity contribution in [2.45, 2.75) is 13.0 Å². The lowest BCUT2D eigenvalue weighted by Gasteiger charge is -2.34. The van der Waals surface area contributed by atoms with Gasteiger partial charge in [-0.05, 0) is 41.3 Å². The number of nitrogens with one attached hydrogen (secondary N) is 1. The molecule has 8 heteroatoms. The molecule has 2 amide bonds. The van der Waals surface area contributed by atoms with E-state index < -0.39 is 0 Å². The van der Waals surface area contributed by atoms with Crippen LogP contribution < -0.4 is 5.32 Å². The molecule has 0 bridgehead atoms. The van der Waals surface area contributed by atoms with E-state index >= 15 is 0 Å². The Morgan fingerprint density at radius 1 is 1.06 bits per heavy atom. The van der Waals surface area contributed by atoms with Crippen LogP contribution in [0.15, 0.2) is 53.2 Å². The number of carbonyl (C=O) groups excluding carboxylic acids is 2. The largest absolute Gasteiger partial charge is 0.351 e. The SMILES string of the molecule is O=C(NCCC(=O)N1CCN(Cc2ccc(-c3cccc(F)c3)s2)CC1)c1ccsc1. The minimum absolute atomic E-state index is 0.0785. The van der Waals surface area contributed by atoms with Crippen molar-refractivity contribution in [2.75, 3.05) is 32.7 Å². The Bertz CT molecular complexity index is 1030. The van der Waals surface area contributed by atoms with Crippen LogP contribution in [0.2, 0.25) is 0 Å². The van der Waals surface area contributed by atoms with Crippen molar-refractivity contribution in [3.63, 3.8) is 0 Å². The van der Waals surface area contributed by atoms with Gasteiger partial charge >= 0.3 is 0 Å². The highest BCUT2D eigenvalue weighted by Crippen LogP contribution is 2.29. The fourth-order valence-corrected chi connectivity index (χ4v) is 5.25. The van der Waals surface area contributed by atoms with Gasteiger partial charge in [-0.1, -0.05) is 12.1 Å². The summed E-state index contributed by atoms with van der Waals surface area (Å²) in [5.41, 5.74) is 1.54. The number of piperazine rings is 1. The molecule has 162 valence electrons. The highest BCUT2D eigenvalue weighted by molar-refractivity contribution is 7.15. The molecule has 1 saturated heterocycles. The van der Waals surface area contributed by atoms with Gasteiger partial charge in [0.2, 0.25) is 5.91 Å². The molecule has 1 fully saturated rings. The average Bonchev–Trinajstić information content (AvgIpc) is 3.47. The first-order valence-corrected chi connectivity index (χ1v) is 12.0. The van der Waals surface area contributed by atoms with Crippen molar-refractivity contribution in [1.29, 1.82) is 0 Å². The summed E-state index contributed by atoms with van der Waals surface area (Å²) in [6, 6.07) is 12.6. The zero-order valence-corrected chi connectivity index (χ0v) is 18.7. The molecule has 0 atom stereocenters. The van der Waals surface area contributed by atoms with E-state index in [1.807, 2.05) is 22.4 Å². The number of benzene rings is 1. The number of halogens is 1. The van der Waals surface area contributed by atoms with Crippen LogP contribution in [0.4, 0.5) is 4.39 Å². The number of amides is 2. The van der Waals surface area contributed by atoms with Crippen molar-refractivity contribution in [3.8, 4) is 10.4 Å². The van der Waals surface area contributed by atoms with E-state index in [2.05, 4.69) is 16.3 Å². The summed E-state index contributed by atoms with van der Waals surface area (Å²) in [4.78, 5) is 30.9. The second kappa shape index (κ2) is 10.2. The molecular weight excluding hydrogens is 433 g/mol. The van der Waals surface area contributed by atoms with E-state index in [4.69, 9.17) is 0 Å². The maximum atomic E-state index is 13.5. The first-order chi connectivity index (χ1) is 15.1. The Kier molecular flexibility index (Phi) is 7.11. The average molecular weight is 458 g/mol. The third-order valence-corrected chi connectivity index (χ3v) is 7.09. The van der Waals surface area contributed by atoms with Crippen LogP contribution in [0.5, 0.6) is 0 Å². The van der Waals surface area contributed by atoms with Crippen molar-refractivity contribution in [3.05, 3.63) is 69.5 Å². The molecule has 0 aliphatic carbocycles. The maximum absolute atomic E-state index is 13.5. The molecule has 1 N–H and O–H groups in total. The van der Waals surface area contributed by atoms with Crippen LogP contribution in [0.1, 0.15) is 21.7 Å². The summed E-state index contributed by atoms with van der Waals surface area (Å²) in [5.74, 6) is -0.276. The van der Waals surface area contributed by atoms with Crippen LogP contribution in [-0.4, -0.2) is 54.3 Å². The number of hydrogen-bond donors (Lipinski definition) is 1. The van der Waals surface area contributed by atoms with Gasteiger partial charge in [0, 0.05) is 66.4 Å². The van der Waals surface area contributed by atoms with Gasteiger partial charge in [0.1, 0.15) is 5.82 Å². The minimum Gasteiger partial charge on any atom is -0.351 e. The van der Waals surface area contributed by atoms with Gasteiger partial charge in [-0.15, -0.1) is 11.3 Å². The van der Waals surface area contributed by atoms with Gasteiger partial charge in [0.25, 0.3) is 5.91 Å². The third kappa shape index (κ3) is 5.78. The molecule has 1 aliphatic heterocycles. The van der Waals surface area contributed by atoms with E-state index in [9.17, 15) is 14.0 Å². The smallest absolute Gasteiger partial charge is 0.252 e. The number of rotatable bonds is 7. The molecule has 0 saturated carbocycles.